The van der Waals surface area contributed by atoms with Crippen molar-refractivity contribution in [2.75, 3.05) is 6.61 Å². The molecule has 0 amide bonds. The normalized spacial score (nSPS) is 10.1. The maximum atomic E-state index is 12.0. The third-order valence-corrected chi connectivity index (χ3v) is 2.43. The van der Waals surface area contributed by atoms with Crippen LogP contribution in [0.4, 0.5) is 0 Å². The van der Waals surface area contributed by atoms with E-state index in [1.165, 1.54) is 0 Å². The quantitative estimate of drug-likeness (QED) is 0.755. The van der Waals surface area contributed by atoms with Gasteiger partial charge in [-0.1, -0.05) is 0 Å². The fourth-order valence-electron chi connectivity index (χ4n) is 1.57. The summed E-state index contributed by atoms with van der Waals surface area (Å²) >= 11 is 0. The van der Waals surface area contributed by atoms with Gasteiger partial charge in [0.2, 0.25) is 0 Å². The maximum absolute atomic E-state index is 12.0. The van der Waals surface area contributed by atoms with Crippen molar-refractivity contribution in [3.05, 3.63) is 54.1 Å². The molecule has 0 N–H and O–H groups in total. The van der Waals surface area contributed by atoms with Crippen molar-refractivity contribution in [1.82, 2.24) is 9.97 Å². The Morgan fingerprint density at radius 1 is 1.17 bits per heavy atom. The first-order valence-corrected chi connectivity index (χ1v) is 5.81. The summed E-state index contributed by atoms with van der Waals surface area (Å²) in [5, 5.41) is 0. The van der Waals surface area contributed by atoms with E-state index in [-0.39, 0.29) is 12.2 Å². The van der Waals surface area contributed by atoms with E-state index in [4.69, 9.17) is 4.74 Å². The van der Waals surface area contributed by atoms with Crippen molar-refractivity contribution < 1.29 is 9.53 Å². The monoisotopic (exact) mass is 242 g/mol. The Bertz CT molecular complexity index is 509. The molecule has 1 aromatic carbocycles. The van der Waals surface area contributed by atoms with Gasteiger partial charge >= 0.3 is 0 Å². The molecule has 0 fully saturated rings. The van der Waals surface area contributed by atoms with E-state index < -0.39 is 0 Å². The number of carbonyl (C=O) groups is 1. The molecule has 2 aromatic rings. The third-order valence-electron chi connectivity index (χ3n) is 2.43. The van der Waals surface area contributed by atoms with Crippen LogP contribution in [-0.4, -0.2) is 22.4 Å². The Labute approximate surface area is 106 Å². The predicted octanol–water partition coefficient (Wildman–Crippen LogP) is 2.30. The van der Waals surface area contributed by atoms with Crippen LogP contribution in [0.3, 0.4) is 0 Å². The molecule has 0 saturated carbocycles. The van der Waals surface area contributed by atoms with E-state index in [1.807, 2.05) is 6.92 Å². The number of ether oxygens (including phenoxy) is 1. The number of benzene rings is 1. The second kappa shape index (κ2) is 5.91. The summed E-state index contributed by atoms with van der Waals surface area (Å²) < 4.78 is 5.32. The molecule has 0 aliphatic rings. The van der Waals surface area contributed by atoms with Gasteiger partial charge in [-0.05, 0) is 37.3 Å². The van der Waals surface area contributed by atoms with Crippen LogP contribution in [0.1, 0.15) is 23.1 Å². The summed E-state index contributed by atoms with van der Waals surface area (Å²) in [6.07, 6.45) is 3.48. The molecule has 4 nitrogen and oxygen atoms in total. The Balaban J connectivity index is 2.05. The minimum atomic E-state index is 0.00393. The lowest BCUT2D eigenvalue weighted by Crippen LogP contribution is -2.06. The molecule has 4 heteroatoms. The van der Waals surface area contributed by atoms with Crippen molar-refractivity contribution in [3.8, 4) is 5.75 Å². The molecule has 0 spiro atoms. The molecular formula is C14H14N2O2. The topological polar surface area (TPSA) is 52.1 Å². The molecule has 92 valence electrons. The lowest BCUT2D eigenvalue weighted by Gasteiger charge is -2.04. The summed E-state index contributed by atoms with van der Waals surface area (Å²) in [6.45, 7) is 2.54. The van der Waals surface area contributed by atoms with Crippen molar-refractivity contribution >= 4 is 5.78 Å². The van der Waals surface area contributed by atoms with Crippen LogP contribution in [-0.2, 0) is 6.42 Å². The van der Waals surface area contributed by atoms with Crippen molar-refractivity contribution in [2.24, 2.45) is 0 Å². The highest BCUT2D eigenvalue weighted by atomic mass is 16.5. The number of rotatable bonds is 5. The van der Waals surface area contributed by atoms with Crippen molar-refractivity contribution in [3.63, 3.8) is 0 Å². The van der Waals surface area contributed by atoms with Crippen LogP contribution in [0.25, 0.3) is 0 Å². The molecule has 0 radical (unpaired) electrons. The molecule has 0 unspecified atom stereocenters. The number of Topliss-reactive ketones (excluding diaryl/α,β-unsaturated/α-hetero) is 1. The minimum Gasteiger partial charge on any atom is -0.494 e. The van der Waals surface area contributed by atoms with Gasteiger partial charge in [0.1, 0.15) is 11.6 Å². The molecule has 0 bridgehead atoms. The van der Waals surface area contributed by atoms with E-state index >= 15 is 0 Å². The second-order valence-corrected chi connectivity index (χ2v) is 3.72. The van der Waals surface area contributed by atoms with E-state index in [0.29, 0.717) is 18.0 Å². The highest BCUT2D eigenvalue weighted by Crippen LogP contribution is 2.13. The van der Waals surface area contributed by atoms with Crippen LogP contribution >= 0.6 is 0 Å². The van der Waals surface area contributed by atoms with Gasteiger partial charge in [0.25, 0.3) is 0 Å². The number of nitrogens with zero attached hydrogens (tertiary/aromatic N) is 2. The largest absolute Gasteiger partial charge is 0.494 e. The third kappa shape index (κ3) is 3.13. The van der Waals surface area contributed by atoms with Crippen LogP contribution in [0, 0.1) is 0 Å². The Morgan fingerprint density at radius 3 is 2.44 bits per heavy atom. The highest BCUT2D eigenvalue weighted by Gasteiger charge is 2.08. The van der Waals surface area contributed by atoms with Gasteiger partial charge in [-0.15, -0.1) is 0 Å². The molecule has 0 aliphatic carbocycles. The Kier molecular flexibility index (Phi) is 4.02. The first-order chi connectivity index (χ1) is 8.79. The van der Waals surface area contributed by atoms with Gasteiger partial charge in [-0.25, -0.2) is 9.97 Å². The Hall–Kier alpha value is -2.23. The Morgan fingerprint density at radius 2 is 1.83 bits per heavy atom. The number of hydrogen-bond acceptors (Lipinski definition) is 4. The van der Waals surface area contributed by atoms with E-state index in [2.05, 4.69) is 9.97 Å². The second-order valence-electron chi connectivity index (χ2n) is 3.72. The van der Waals surface area contributed by atoms with Crippen LogP contribution in [0.2, 0.25) is 0 Å². The van der Waals surface area contributed by atoms with Gasteiger partial charge in [-0.3, -0.25) is 4.79 Å². The minimum absolute atomic E-state index is 0.00393. The van der Waals surface area contributed by atoms with Crippen LogP contribution in [0.5, 0.6) is 5.75 Å². The number of ketones is 1. The molecular weight excluding hydrogens is 228 g/mol. The number of hydrogen-bond donors (Lipinski definition) is 0. The molecule has 1 aromatic heterocycles. The van der Waals surface area contributed by atoms with Gasteiger partial charge in [0.05, 0.1) is 13.0 Å². The molecule has 2 rings (SSSR count). The molecule has 0 saturated heterocycles. The van der Waals surface area contributed by atoms with E-state index in [0.717, 1.165) is 5.75 Å². The van der Waals surface area contributed by atoms with E-state index in [9.17, 15) is 4.79 Å². The molecule has 0 atom stereocenters. The highest BCUT2D eigenvalue weighted by molar-refractivity contribution is 5.97. The average molecular weight is 242 g/mol. The summed E-state index contributed by atoms with van der Waals surface area (Å²) in [5.41, 5.74) is 0.644. The summed E-state index contributed by atoms with van der Waals surface area (Å²) in [6, 6.07) is 8.84. The lowest BCUT2D eigenvalue weighted by molar-refractivity contribution is 0.0991. The summed E-state index contributed by atoms with van der Waals surface area (Å²) in [5.74, 6) is 1.31. The molecule has 1 heterocycles. The predicted molar refractivity (Wildman–Crippen MR) is 67.7 cm³/mol. The molecule has 0 aliphatic heterocycles. The van der Waals surface area contributed by atoms with Crippen LogP contribution in [0.15, 0.2) is 42.7 Å². The van der Waals surface area contributed by atoms with Crippen molar-refractivity contribution in [1.29, 1.82) is 0 Å². The first-order valence-electron chi connectivity index (χ1n) is 5.81. The smallest absolute Gasteiger partial charge is 0.170 e. The van der Waals surface area contributed by atoms with Gasteiger partial charge in [0, 0.05) is 18.0 Å². The molecule has 18 heavy (non-hydrogen) atoms. The first kappa shape index (κ1) is 12.2. The fourth-order valence-corrected chi connectivity index (χ4v) is 1.57. The standard InChI is InChI=1S/C14H14N2O2/c1-2-18-12-6-4-11(5-7-12)13(17)10-14-15-8-3-9-16-14/h3-9H,2,10H2,1H3. The summed E-state index contributed by atoms with van der Waals surface area (Å²) in [7, 11) is 0. The maximum Gasteiger partial charge on any atom is 0.170 e. The van der Waals surface area contributed by atoms with Gasteiger partial charge in [-0.2, -0.15) is 0 Å². The van der Waals surface area contributed by atoms with E-state index in [1.54, 1.807) is 42.7 Å². The zero-order valence-electron chi connectivity index (χ0n) is 10.2. The SMILES string of the molecule is CCOc1ccc(C(=O)Cc2ncccn2)cc1. The number of carbonyl (C=O) groups excluding carboxylic acids is 1. The average Bonchev–Trinajstić information content (AvgIpc) is 2.41. The number of aromatic nitrogens is 2. The summed E-state index contributed by atoms with van der Waals surface area (Å²) in [4.78, 5) is 20.0. The zero-order chi connectivity index (χ0) is 12.8. The zero-order valence-corrected chi connectivity index (χ0v) is 10.2. The fraction of sp³-hybridized carbons (Fsp3) is 0.214. The van der Waals surface area contributed by atoms with Crippen LogP contribution < -0.4 is 4.74 Å². The van der Waals surface area contributed by atoms with Gasteiger partial charge in [0.15, 0.2) is 5.78 Å². The van der Waals surface area contributed by atoms with Gasteiger partial charge < -0.3 is 4.74 Å². The van der Waals surface area contributed by atoms with Crippen molar-refractivity contribution in [2.45, 2.75) is 13.3 Å². The lowest BCUT2D eigenvalue weighted by atomic mass is 10.1.